The molecule has 0 bridgehead atoms. The smallest absolute Gasteiger partial charge is 0.330 e. The van der Waals surface area contributed by atoms with Crippen LogP contribution in [0.2, 0.25) is 5.02 Å². The van der Waals surface area contributed by atoms with Gasteiger partial charge in [0.15, 0.2) is 0 Å². The molecule has 0 aliphatic heterocycles. The van der Waals surface area contributed by atoms with Gasteiger partial charge in [-0.2, -0.15) is 0 Å². The normalized spacial score (nSPS) is 18.8. The quantitative estimate of drug-likeness (QED) is 0.866. The fourth-order valence-corrected chi connectivity index (χ4v) is 3.18. The molecule has 1 N–H and O–H groups in total. The summed E-state index contributed by atoms with van der Waals surface area (Å²) in [6.45, 7) is 1.73. The first-order chi connectivity index (χ1) is 9.47. The van der Waals surface area contributed by atoms with Crippen molar-refractivity contribution < 1.29 is 13.9 Å². The van der Waals surface area contributed by atoms with Crippen molar-refractivity contribution in [3.05, 3.63) is 34.6 Å². The van der Waals surface area contributed by atoms with Crippen LogP contribution in [0.3, 0.4) is 0 Å². The molecule has 0 spiro atoms. The Kier molecular flexibility index (Phi) is 4.66. The van der Waals surface area contributed by atoms with E-state index in [0.29, 0.717) is 5.56 Å². The molecular formula is C15H19ClFNO2. The topological polar surface area (TPSA) is 38.3 Å². The average molecular weight is 300 g/mol. The molecular weight excluding hydrogens is 281 g/mol. The third-order valence-corrected chi connectivity index (χ3v) is 4.22. The standard InChI is InChI=1S/C15H19ClFNO2/c1-15(14(19)20-2,18-11-5-3-4-6-11)12-8-7-10(17)9-13(12)16/h7-9,11,18H,3-6H2,1-2H3. The molecule has 1 unspecified atom stereocenters. The summed E-state index contributed by atoms with van der Waals surface area (Å²) in [5.41, 5.74) is -0.520. The second-order valence-electron chi connectivity index (χ2n) is 5.37. The van der Waals surface area contributed by atoms with Crippen LogP contribution in [0.15, 0.2) is 18.2 Å². The van der Waals surface area contributed by atoms with Gasteiger partial charge in [-0.3, -0.25) is 5.32 Å². The number of hydrogen-bond acceptors (Lipinski definition) is 3. The van der Waals surface area contributed by atoms with Crippen LogP contribution in [0.4, 0.5) is 4.39 Å². The molecule has 1 aromatic rings. The fraction of sp³-hybridized carbons (Fsp3) is 0.533. The lowest BCUT2D eigenvalue weighted by Gasteiger charge is -2.32. The van der Waals surface area contributed by atoms with E-state index in [1.807, 2.05) is 0 Å². The Morgan fingerprint density at radius 2 is 2.10 bits per heavy atom. The predicted octanol–water partition coefficient (Wildman–Crippen LogP) is 3.40. The molecule has 1 saturated carbocycles. The minimum Gasteiger partial charge on any atom is -0.467 e. The largest absolute Gasteiger partial charge is 0.467 e. The van der Waals surface area contributed by atoms with Gasteiger partial charge in [-0.1, -0.05) is 30.5 Å². The number of methoxy groups -OCH3 is 1. The van der Waals surface area contributed by atoms with Crippen LogP contribution >= 0.6 is 11.6 Å². The molecule has 1 fully saturated rings. The maximum atomic E-state index is 13.2. The molecule has 0 heterocycles. The first-order valence-electron chi connectivity index (χ1n) is 6.79. The van der Waals surface area contributed by atoms with Crippen molar-refractivity contribution in [2.45, 2.75) is 44.2 Å². The Morgan fingerprint density at radius 3 is 2.65 bits per heavy atom. The summed E-state index contributed by atoms with van der Waals surface area (Å²) in [5, 5.41) is 3.56. The third kappa shape index (κ3) is 2.96. The van der Waals surface area contributed by atoms with E-state index in [1.54, 1.807) is 6.92 Å². The van der Waals surface area contributed by atoms with Gasteiger partial charge in [0.25, 0.3) is 0 Å². The average Bonchev–Trinajstić information content (AvgIpc) is 2.90. The van der Waals surface area contributed by atoms with Crippen LogP contribution in [0.5, 0.6) is 0 Å². The van der Waals surface area contributed by atoms with Crippen LogP contribution in [0, 0.1) is 5.82 Å². The number of carbonyl (C=O) groups excluding carboxylic acids is 1. The number of halogens is 2. The summed E-state index contributed by atoms with van der Waals surface area (Å²) >= 11 is 6.11. The van der Waals surface area contributed by atoms with Gasteiger partial charge in [0.05, 0.1) is 7.11 Å². The molecule has 0 saturated heterocycles. The molecule has 20 heavy (non-hydrogen) atoms. The Morgan fingerprint density at radius 1 is 1.45 bits per heavy atom. The molecule has 0 radical (unpaired) electrons. The van der Waals surface area contributed by atoms with E-state index in [9.17, 15) is 9.18 Å². The number of rotatable bonds is 4. The lowest BCUT2D eigenvalue weighted by Crippen LogP contribution is -2.51. The maximum Gasteiger partial charge on any atom is 0.330 e. The molecule has 0 amide bonds. The van der Waals surface area contributed by atoms with Gasteiger partial charge in [-0.05, 0) is 31.9 Å². The molecule has 0 aromatic heterocycles. The Balaban J connectivity index is 2.37. The van der Waals surface area contributed by atoms with Gasteiger partial charge in [0.1, 0.15) is 11.4 Å². The highest BCUT2D eigenvalue weighted by Crippen LogP contribution is 2.32. The van der Waals surface area contributed by atoms with E-state index < -0.39 is 17.3 Å². The van der Waals surface area contributed by atoms with Crippen molar-refractivity contribution in [2.24, 2.45) is 0 Å². The fourth-order valence-electron chi connectivity index (χ4n) is 2.82. The monoisotopic (exact) mass is 299 g/mol. The van der Waals surface area contributed by atoms with Gasteiger partial charge in [0, 0.05) is 16.6 Å². The molecule has 110 valence electrons. The van der Waals surface area contributed by atoms with Crippen LogP contribution in [0.1, 0.15) is 38.2 Å². The molecule has 1 aliphatic carbocycles. The first kappa shape index (κ1) is 15.3. The van der Waals surface area contributed by atoms with Crippen molar-refractivity contribution >= 4 is 17.6 Å². The second kappa shape index (κ2) is 6.10. The van der Waals surface area contributed by atoms with Gasteiger partial charge >= 0.3 is 5.97 Å². The molecule has 1 atom stereocenters. The third-order valence-electron chi connectivity index (χ3n) is 3.91. The Bertz CT molecular complexity index is 503. The van der Waals surface area contributed by atoms with Gasteiger partial charge in [-0.25, -0.2) is 9.18 Å². The predicted molar refractivity (Wildman–Crippen MR) is 76.2 cm³/mol. The SMILES string of the molecule is COC(=O)C(C)(NC1CCCC1)c1ccc(F)cc1Cl. The zero-order valence-corrected chi connectivity index (χ0v) is 12.5. The molecule has 3 nitrogen and oxygen atoms in total. The van der Waals surface area contributed by atoms with E-state index >= 15 is 0 Å². The zero-order valence-electron chi connectivity index (χ0n) is 11.7. The van der Waals surface area contributed by atoms with Crippen LogP contribution < -0.4 is 5.32 Å². The highest BCUT2D eigenvalue weighted by molar-refractivity contribution is 6.31. The second-order valence-corrected chi connectivity index (χ2v) is 5.77. The van der Waals surface area contributed by atoms with E-state index in [4.69, 9.17) is 16.3 Å². The number of ether oxygens (including phenoxy) is 1. The molecule has 2 rings (SSSR count). The van der Waals surface area contributed by atoms with Crippen molar-refractivity contribution in [1.29, 1.82) is 0 Å². The number of benzene rings is 1. The van der Waals surface area contributed by atoms with Gasteiger partial charge in [0.2, 0.25) is 0 Å². The number of nitrogens with one attached hydrogen (secondary N) is 1. The lowest BCUT2D eigenvalue weighted by molar-refractivity contribution is -0.148. The summed E-state index contributed by atoms with van der Waals surface area (Å²) in [4.78, 5) is 12.2. The zero-order chi connectivity index (χ0) is 14.8. The Labute approximate surface area is 123 Å². The lowest BCUT2D eigenvalue weighted by atomic mass is 9.90. The van der Waals surface area contributed by atoms with Crippen molar-refractivity contribution in [1.82, 2.24) is 5.32 Å². The van der Waals surface area contributed by atoms with Crippen LogP contribution in [0.25, 0.3) is 0 Å². The molecule has 1 aliphatic rings. The Hall–Kier alpha value is -1.13. The molecule has 5 heteroatoms. The van der Waals surface area contributed by atoms with E-state index in [2.05, 4.69) is 5.32 Å². The van der Waals surface area contributed by atoms with Crippen LogP contribution in [-0.4, -0.2) is 19.1 Å². The van der Waals surface area contributed by atoms with E-state index in [-0.39, 0.29) is 11.1 Å². The minimum atomic E-state index is -1.06. The maximum absolute atomic E-state index is 13.2. The summed E-state index contributed by atoms with van der Waals surface area (Å²) in [5.74, 6) is -0.843. The summed E-state index contributed by atoms with van der Waals surface area (Å²) in [7, 11) is 1.34. The number of hydrogen-bond donors (Lipinski definition) is 1. The highest BCUT2D eigenvalue weighted by Gasteiger charge is 2.40. The summed E-state index contributed by atoms with van der Waals surface area (Å²) in [6, 6.07) is 4.31. The first-order valence-corrected chi connectivity index (χ1v) is 7.17. The minimum absolute atomic E-state index is 0.225. The number of esters is 1. The van der Waals surface area contributed by atoms with E-state index in [0.717, 1.165) is 25.7 Å². The van der Waals surface area contributed by atoms with Crippen molar-refractivity contribution in [2.75, 3.05) is 7.11 Å². The van der Waals surface area contributed by atoms with Crippen LogP contribution in [-0.2, 0) is 15.1 Å². The number of carbonyl (C=O) groups is 1. The molecule has 1 aromatic carbocycles. The van der Waals surface area contributed by atoms with Gasteiger partial charge in [-0.15, -0.1) is 0 Å². The van der Waals surface area contributed by atoms with E-state index in [1.165, 1.54) is 25.3 Å². The highest BCUT2D eigenvalue weighted by atomic mass is 35.5. The summed E-state index contributed by atoms with van der Waals surface area (Å²) in [6.07, 6.45) is 4.33. The van der Waals surface area contributed by atoms with Crippen molar-refractivity contribution in [3.63, 3.8) is 0 Å². The van der Waals surface area contributed by atoms with Gasteiger partial charge < -0.3 is 4.74 Å². The van der Waals surface area contributed by atoms with Crippen molar-refractivity contribution in [3.8, 4) is 0 Å². The summed E-state index contributed by atoms with van der Waals surface area (Å²) < 4.78 is 18.1.